The van der Waals surface area contributed by atoms with Crippen LogP contribution >= 0.6 is 38.6 Å². The molecule has 0 fully saturated rings. The van der Waals surface area contributed by atoms with Crippen LogP contribution in [-0.4, -0.2) is 13.2 Å². The molecule has 2 aromatic heterocycles. The number of ether oxygens (including phenoxy) is 2. The number of halogens is 1. The van der Waals surface area contributed by atoms with Gasteiger partial charge in [-0.05, 0) is 114 Å². The van der Waals surface area contributed by atoms with E-state index in [1.807, 2.05) is 11.3 Å². The van der Waals surface area contributed by atoms with Gasteiger partial charge in [0, 0.05) is 37.5 Å². The van der Waals surface area contributed by atoms with E-state index >= 15 is 0 Å². The van der Waals surface area contributed by atoms with Gasteiger partial charge in [0.15, 0.2) is 11.5 Å². The third-order valence-corrected chi connectivity index (χ3v) is 15.9. The highest BCUT2D eigenvalue weighted by atomic mass is 79.9. The molecule has 0 amide bonds. The summed E-state index contributed by atoms with van der Waals surface area (Å²) in [5, 5.41) is 3.97. The minimum atomic E-state index is -0.173. The van der Waals surface area contributed by atoms with Crippen LogP contribution in [0.25, 0.3) is 53.6 Å². The van der Waals surface area contributed by atoms with E-state index in [2.05, 4.69) is 165 Å². The number of rotatable bonds is 10. The molecule has 3 heterocycles. The molecule has 10 rings (SSSR count). The maximum absolute atomic E-state index is 6.20. The molecule has 1 N–H and O–H groups in total. The van der Waals surface area contributed by atoms with Crippen LogP contribution in [0.4, 0.5) is 11.4 Å². The third kappa shape index (κ3) is 6.09. The lowest BCUT2D eigenvalue weighted by Crippen LogP contribution is -2.17. The van der Waals surface area contributed by atoms with Crippen LogP contribution in [0.5, 0.6) is 11.5 Å². The zero-order chi connectivity index (χ0) is 39.8. The van der Waals surface area contributed by atoms with Crippen LogP contribution in [0.3, 0.4) is 0 Å². The summed E-state index contributed by atoms with van der Waals surface area (Å²) in [6, 6.07) is 41.3. The van der Waals surface area contributed by atoms with Crippen molar-refractivity contribution in [3.63, 3.8) is 0 Å². The Morgan fingerprint density at radius 2 is 1.28 bits per heavy atom. The summed E-state index contributed by atoms with van der Waals surface area (Å²) in [5.74, 6) is 1.72. The van der Waals surface area contributed by atoms with E-state index in [0.717, 1.165) is 38.0 Å². The third-order valence-electron chi connectivity index (χ3n) is 12.7. The van der Waals surface area contributed by atoms with Crippen molar-refractivity contribution in [2.24, 2.45) is 0 Å². The Labute approximate surface area is 359 Å². The van der Waals surface area contributed by atoms with E-state index in [1.165, 1.54) is 102 Å². The first kappa shape index (κ1) is 37.6. The average molecular weight is 863 g/mol. The zero-order valence-electron chi connectivity index (χ0n) is 33.9. The topological polar surface area (TPSA) is 30.5 Å². The summed E-state index contributed by atoms with van der Waals surface area (Å²) in [7, 11) is 0. The smallest absolute Gasteiger partial charge is 0.187 e. The number of aryl methyl sites for hydroxylation is 1. The Morgan fingerprint density at radius 3 is 2.03 bits per heavy atom. The van der Waals surface area contributed by atoms with Gasteiger partial charge in [-0.15, -0.1) is 22.7 Å². The average Bonchev–Trinajstić information content (AvgIpc) is 3.94. The first-order valence-electron chi connectivity index (χ1n) is 20.8. The molecule has 0 saturated carbocycles. The normalized spacial score (nSPS) is 15.1. The largest absolute Gasteiger partial charge is 0.485 e. The number of fused-ring (bicyclic) bond motifs is 7. The molecule has 5 aromatic carbocycles. The molecule has 58 heavy (non-hydrogen) atoms. The molecular formula is C52H48BrNO2S2. The molecule has 2 aliphatic carbocycles. The van der Waals surface area contributed by atoms with Gasteiger partial charge in [0.05, 0.1) is 4.88 Å². The maximum Gasteiger partial charge on any atom is 0.187 e. The molecule has 0 bridgehead atoms. The van der Waals surface area contributed by atoms with E-state index in [4.69, 9.17) is 9.47 Å². The fourth-order valence-corrected chi connectivity index (χ4v) is 12.8. The van der Waals surface area contributed by atoms with Crippen LogP contribution in [0.2, 0.25) is 0 Å². The number of anilines is 2. The number of benzene rings is 5. The minimum absolute atomic E-state index is 0.0689. The molecular weight excluding hydrogens is 815 g/mol. The Kier molecular flexibility index (Phi) is 9.46. The van der Waals surface area contributed by atoms with E-state index in [1.54, 1.807) is 11.3 Å². The number of nitrogens with one attached hydrogen (secondary N) is 1. The molecule has 0 saturated heterocycles. The van der Waals surface area contributed by atoms with Crippen molar-refractivity contribution in [2.45, 2.75) is 77.6 Å². The van der Waals surface area contributed by atoms with E-state index < -0.39 is 0 Å². The molecule has 292 valence electrons. The summed E-state index contributed by atoms with van der Waals surface area (Å²) in [6.45, 7) is 12.9. The molecule has 3 nitrogen and oxygen atoms in total. The fourth-order valence-electron chi connectivity index (χ4n) is 9.79. The number of hydrogen-bond donors (Lipinski definition) is 1. The second-order valence-electron chi connectivity index (χ2n) is 17.1. The van der Waals surface area contributed by atoms with Crippen molar-refractivity contribution in [3.8, 4) is 65.1 Å². The molecule has 0 radical (unpaired) electrons. The summed E-state index contributed by atoms with van der Waals surface area (Å²) < 4.78 is 13.2. The molecule has 0 spiro atoms. The SMILES string of the molecule is CCCCCCc1cc(-c2sc(Br)c3c2OCCO3)sc1-c1ccc(-c2c(Nc3ccc4c(c3)C(C)(C)c3ccccc3-4)ccc3c2C(C)(C)c2ccccc2-3)cc1. The predicted octanol–water partition coefficient (Wildman–Crippen LogP) is 15.8. The Bertz CT molecular complexity index is 2720. The minimum Gasteiger partial charge on any atom is -0.485 e. The summed E-state index contributed by atoms with van der Waals surface area (Å²) >= 11 is 7.36. The van der Waals surface area contributed by atoms with Gasteiger partial charge in [-0.3, -0.25) is 0 Å². The fraction of sp³-hybridized carbons (Fsp3) is 0.269. The molecule has 6 heteroatoms. The van der Waals surface area contributed by atoms with Crippen LogP contribution in [-0.2, 0) is 17.3 Å². The van der Waals surface area contributed by atoms with Gasteiger partial charge in [-0.25, -0.2) is 0 Å². The second kappa shape index (κ2) is 14.6. The monoisotopic (exact) mass is 861 g/mol. The summed E-state index contributed by atoms with van der Waals surface area (Å²) in [4.78, 5) is 3.74. The zero-order valence-corrected chi connectivity index (χ0v) is 37.1. The molecule has 0 unspecified atom stereocenters. The Balaban J connectivity index is 1.07. The van der Waals surface area contributed by atoms with Gasteiger partial charge in [-0.2, -0.15) is 0 Å². The highest BCUT2D eigenvalue weighted by molar-refractivity contribution is 9.11. The van der Waals surface area contributed by atoms with Crippen LogP contribution in [0, 0.1) is 0 Å². The first-order valence-corrected chi connectivity index (χ1v) is 23.2. The van der Waals surface area contributed by atoms with Crippen molar-refractivity contribution < 1.29 is 9.47 Å². The van der Waals surface area contributed by atoms with Gasteiger partial charge < -0.3 is 14.8 Å². The Hall–Kier alpha value is -4.62. The maximum atomic E-state index is 6.20. The van der Waals surface area contributed by atoms with Crippen LogP contribution in [0.15, 0.2) is 113 Å². The van der Waals surface area contributed by atoms with Gasteiger partial charge in [0.25, 0.3) is 0 Å². The van der Waals surface area contributed by atoms with Crippen molar-refractivity contribution in [3.05, 3.63) is 141 Å². The van der Waals surface area contributed by atoms with Crippen molar-refractivity contribution in [2.75, 3.05) is 18.5 Å². The predicted molar refractivity (Wildman–Crippen MR) is 250 cm³/mol. The van der Waals surface area contributed by atoms with Gasteiger partial charge in [0.2, 0.25) is 0 Å². The summed E-state index contributed by atoms with van der Waals surface area (Å²) in [6.07, 6.45) is 6.00. The molecule has 3 aliphatic rings. The summed E-state index contributed by atoms with van der Waals surface area (Å²) in [5.41, 5.74) is 18.0. The number of hydrogen-bond acceptors (Lipinski definition) is 5. The van der Waals surface area contributed by atoms with Crippen molar-refractivity contribution in [1.82, 2.24) is 0 Å². The lowest BCUT2D eigenvalue weighted by Gasteiger charge is -2.27. The second-order valence-corrected chi connectivity index (χ2v) is 20.4. The standard InChI is InChI=1S/C52H48BrNO2S2/c1-6-7-8-9-14-33-29-43(49-46-47(50(53)58-49)56-28-27-55-46)57-48(33)32-21-19-31(20-22-32)44-42(26-25-38-36-16-11-13-18-40(36)52(4,5)45(38)44)54-34-23-24-37-35-15-10-12-17-39(35)51(2,3)41(37)30-34/h10-13,15-26,29-30,54H,6-9,14,27-28H2,1-5H3. The molecule has 0 atom stereocenters. The number of unbranched alkanes of at least 4 members (excludes halogenated alkanes) is 3. The number of thiophene rings is 2. The lowest BCUT2D eigenvalue weighted by molar-refractivity contribution is 0.173. The van der Waals surface area contributed by atoms with Gasteiger partial charge in [-0.1, -0.05) is 139 Å². The van der Waals surface area contributed by atoms with Gasteiger partial charge >= 0.3 is 0 Å². The molecule has 1 aliphatic heterocycles. The molecule has 7 aromatic rings. The van der Waals surface area contributed by atoms with E-state index in [-0.39, 0.29) is 10.8 Å². The highest BCUT2D eigenvalue weighted by Gasteiger charge is 2.39. The van der Waals surface area contributed by atoms with Crippen molar-refractivity contribution in [1.29, 1.82) is 0 Å². The van der Waals surface area contributed by atoms with E-state index in [0.29, 0.717) is 13.2 Å². The lowest BCUT2D eigenvalue weighted by atomic mass is 9.78. The van der Waals surface area contributed by atoms with Gasteiger partial charge in [0.1, 0.15) is 17.0 Å². The highest BCUT2D eigenvalue weighted by Crippen LogP contribution is 2.57. The van der Waals surface area contributed by atoms with E-state index in [9.17, 15) is 0 Å². The Morgan fingerprint density at radius 1 is 0.621 bits per heavy atom. The quantitative estimate of drug-likeness (QED) is 0.139. The van der Waals surface area contributed by atoms with Crippen LogP contribution in [0.1, 0.15) is 88.1 Å². The first-order chi connectivity index (χ1) is 28.1. The van der Waals surface area contributed by atoms with Crippen LogP contribution < -0.4 is 14.8 Å². The van der Waals surface area contributed by atoms with Crippen molar-refractivity contribution >= 4 is 50.0 Å².